The molecule has 11 heteroatoms. The van der Waals surface area contributed by atoms with Crippen LogP contribution >= 0.6 is 0 Å². The molecule has 11 nitrogen and oxygen atoms in total. The highest BCUT2D eigenvalue weighted by molar-refractivity contribution is 5.20. The minimum Gasteiger partial charge on any atom is -0.306 e. The maximum absolute atomic E-state index is 4.59. The van der Waals surface area contributed by atoms with Gasteiger partial charge in [0.05, 0.1) is 0 Å². The fourth-order valence-electron chi connectivity index (χ4n) is 1.14. The lowest BCUT2D eigenvalue weighted by atomic mass is 10.3. The van der Waals surface area contributed by atoms with E-state index in [0.29, 0.717) is 11.5 Å². The second-order valence-electron chi connectivity index (χ2n) is 3.41. The van der Waals surface area contributed by atoms with Gasteiger partial charge in [-0.25, -0.2) is 0 Å². The van der Waals surface area contributed by atoms with Crippen molar-refractivity contribution in [2.24, 2.45) is 0 Å². The van der Waals surface area contributed by atoms with E-state index in [1.165, 1.54) is 0 Å². The average Bonchev–Trinajstić information content (AvgIpc) is 2.61. The molecule has 0 N–H and O–H groups in total. The third-order valence-electron chi connectivity index (χ3n) is 1.97. The molecule has 124 valence electrons. The summed E-state index contributed by atoms with van der Waals surface area (Å²) in [6, 6.07) is 16.9. The summed E-state index contributed by atoms with van der Waals surface area (Å²) in [4.78, 5) is 9.18. The first-order chi connectivity index (χ1) is 11.4. The predicted octanol–water partition coefficient (Wildman–Crippen LogP) is 2.44. The number of rotatable bonds is 12. The van der Waals surface area contributed by atoms with Crippen molar-refractivity contribution in [2.75, 3.05) is 0 Å². The van der Waals surface area contributed by atoms with Crippen LogP contribution in [-0.4, -0.2) is 0 Å². The third kappa shape index (κ3) is 8.03. The molecule has 0 spiro atoms. The van der Waals surface area contributed by atoms with Gasteiger partial charge in [0.25, 0.3) is 0 Å². The summed E-state index contributed by atoms with van der Waals surface area (Å²) in [6.45, 7) is 0. The summed E-state index contributed by atoms with van der Waals surface area (Å²) < 4.78 is 0. The van der Waals surface area contributed by atoms with Gasteiger partial charge in [0.2, 0.25) is 0 Å². The maximum atomic E-state index is 4.59. The van der Waals surface area contributed by atoms with Crippen LogP contribution in [0.3, 0.4) is 0 Å². The summed E-state index contributed by atoms with van der Waals surface area (Å²) in [5, 5.41) is 35.1. The number of hydrogen-bond donors (Lipinski definition) is 0. The minimum atomic E-state index is 0.362. The third-order valence-corrected chi connectivity index (χ3v) is 1.97. The molecule has 0 aliphatic carbocycles. The molecule has 0 radical (unpaired) electrons. The molecule has 2 aromatic rings. The molecule has 0 amide bonds. The van der Waals surface area contributed by atoms with Crippen molar-refractivity contribution in [1.29, 1.82) is 0 Å². The molecule has 0 heterocycles. The topological polar surface area (TPSA) is 102 Å². The number of benzene rings is 2. The Balaban J connectivity index is 1.34. The highest BCUT2D eigenvalue weighted by Gasteiger charge is 1.99. The molecule has 0 atom stereocenters. The van der Waals surface area contributed by atoms with E-state index >= 15 is 0 Å². The zero-order valence-electron chi connectivity index (χ0n) is 11.3. The molecule has 0 saturated carbocycles. The van der Waals surface area contributed by atoms with Crippen LogP contribution in [0, 0.1) is 0 Å². The van der Waals surface area contributed by atoms with Gasteiger partial charge in [0.15, 0.2) is 11.5 Å². The Bertz CT molecular complexity index is 461. The lowest BCUT2D eigenvalue weighted by Crippen LogP contribution is -2.05. The van der Waals surface area contributed by atoms with Crippen molar-refractivity contribution in [2.45, 2.75) is 0 Å². The van der Waals surface area contributed by atoms with Gasteiger partial charge in [-0.05, 0) is 24.3 Å². The summed E-state index contributed by atoms with van der Waals surface area (Å²) in [5.74, 6) is 0.723. The zero-order valence-corrected chi connectivity index (χ0v) is 11.3. The zero-order chi connectivity index (χ0) is 16.0. The van der Waals surface area contributed by atoms with Crippen molar-refractivity contribution in [3.63, 3.8) is 0 Å². The van der Waals surface area contributed by atoms with Crippen LogP contribution in [0.4, 0.5) is 0 Å². The second kappa shape index (κ2) is 11.3. The van der Waals surface area contributed by atoms with Crippen LogP contribution in [0.2, 0.25) is 0 Å². The van der Waals surface area contributed by atoms with E-state index in [0.717, 1.165) is 0 Å². The minimum absolute atomic E-state index is 0.362. The first-order valence-corrected chi connectivity index (χ1v) is 5.90. The Morgan fingerprint density at radius 3 is 1.00 bits per heavy atom. The van der Waals surface area contributed by atoms with E-state index in [-0.39, 0.29) is 0 Å². The molecule has 2 aromatic carbocycles. The molecule has 0 fully saturated rings. The van der Waals surface area contributed by atoms with Crippen molar-refractivity contribution < 1.29 is 55.1 Å². The van der Waals surface area contributed by atoms with E-state index in [1.807, 2.05) is 0 Å². The molecule has 0 aliphatic heterocycles. The van der Waals surface area contributed by atoms with Crippen LogP contribution in [0.5, 0.6) is 11.5 Å². The van der Waals surface area contributed by atoms with Gasteiger partial charge in [0.1, 0.15) is 0 Å². The Morgan fingerprint density at radius 2 is 0.652 bits per heavy atom. The summed E-state index contributed by atoms with van der Waals surface area (Å²) in [5.41, 5.74) is 0. The first-order valence-electron chi connectivity index (χ1n) is 5.90. The quantitative estimate of drug-likeness (QED) is 0.326. The van der Waals surface area contributed by atoms with Crippen molar-refractivity contribution in [1.82, 2.24) is 0 Å². The van der Waals surface area contributed by atoms with E-state index < -0.39 is 0 Å². The van der Waals surface area contributed by atoms with E-state index in [2.05, 4.69) is 55.1 Å². The molecular weight excluding hydrogens is 320 g/mol. The summed E-state index contributed by atoms with van der Waals surface area (Å²) in [7, 11) is 0. The Hall–Kier alpha value is -2.32. The molecule has 0 unspecified atom stereocenters. The van der Waals surface area contributed by atoms with Gasteiger partial charge >= 0.3 is 0 Å². The van der Waals surface area contributed by atoms with Gasteiger partial charge < -0.3 is 9.78 Å². The van der Waals surface area contributed by atoms with E-state index in [9.17, 15) is 0 Å². The van der Waals surface area contributed by atoms with Crippen LogP contribution in [-0.2, 0) is 45.3 Å². The standard InChI is InChI=1S/C12H10O11/c1-3-7-11(8-4-1)13-15-17-19-21-23-22-20-18-16-14-12-9-5-2-6-10-12/h1-10H. The van der Waals surface area contributed by atoms with Crippen molar-refractivity contribution in [3.8, 4) is 11.5 Å². The van der Waals surface area contributed by atoms with Gasteiger partial charge in [-0.2, -0.15) is 0 Å². The van der Waals surface area contributed by atoms with E-state index in [1.54, 1.807) is 60.7 Å². The van der Waals surface area contributed by atoms with Crippen LogP contribution in [0.25, 0.3) is 0 Å². The van der Waals surface area contributed by atoms with Crippen molar-refractivity contribution >= 4 is 0 Å². The molecule has 0 aromatic heterocycles. The van der Waals surface area contributed by atoms with E-state index in [4.69, 9.17) is 0 Å². The largest absolute Gasteiger partial charge is 0.306 e. The first kappa shape index (κ1) is 17.0. The monoisotopic (exact) mass is 330 g/mol. The smallest absolute Gasteiger partial charge is 0.168 e. The maximum Gasteiger partial charge on any atom is 0.168 e. The fraction of sp³-hybridized carbons (Fsp3) is 0. The average molecular weight is 330 g/mol. The van der Waals surface area contributed by atoms with Gasteiger partial charge in [-0.15, -0.1) is 0 Å². The highest BCUT2D eigenvalue weighted by atomic mass is 17.9. The van der Waals surface area contributed by atoms with Gasteiger partial charge in [-0.3, -0.25) is 0 Å². The van der Waals surface area contributed by atoms with Crippen LogP contribution < -0.4 is 9.78 Å². The Kier molecular flexibility index (Phi) is 8.35. The Morgan fingerprint density at radius 1 is 0.348 bits per heavy atom. The van der Waals surface area contributed by atoms with Crippen LogP contribution in [0.1, 0.15) is 0 Å². The highest BCUT2D eigenvalue weighted by Crippen LogP contribution is 2.09. The Labute approximate surface area is 128 Å². The number of para-hydroxylation sites is 2. The lowest BCUT2D eigenvalue weighted by molar-refractivity contribution is -0.849. The van der Waals surface area contributed by atoms with Crippen LogP contribution in [0.15, 0.2) is 60.7 Å². The van der Waals surface area contributed by atoms with Gasteiger partial charge in [-0.1, -0.05) is 36.4 Å². The molecule has 0 aliphatic rings. The number of hydrogen-bond acceptors (Lipinski definition) is 11. The SMILES string of the molecule is c1ccc(OOOOOOOOOOOc2ccccc2)cc1. The molecule has 0 bridgehead atoms. The predicted molar refractivity (Wildman–Crippen MR) is 63.9 cm³/mol. The summed E-state index contributed by atoms with van der Waals surface area (Å²) in [6.07, 6.45) is 0. The molecule has 2 rings (SSSR count). The molecule has 0 saturated heterocycles. The van der Waals surface area contributed by atoms with Gasteiger partial charge in [0, 0.05) is 45.3 Å². The fourth-order valence-corrected chi connectivity index (χ4v) is 1.14. The molecular formula is C12H10O11. The normalized spacial score (nSPS) is 10.4. The summed E-state index contributed by atoms with van der Waals surface area (Å²) >= 11 is 0. The lowest BCUT2D eigenvalue weighted by Gasteiger charge is -2.01. The van der Waals surface area contributed by atoms with Crippen molar-refractivity contribution in [3.05, 3.63) is 60.7 Å². The second-order valence-corrected chi connectivity index (χ2v) is 3.41. The molecule has 23 heavy (non-hydrogen) atoms.